The third kappa shape index (κ3) is 2.83. The lowest BCUT2D eigenvalue weighted by Crippen LogP contribution is -2.11. The molecule has 21 heavy (non-hydrogen) atoms. The number of benzene rings is 1. The maximum Gasteiger partial charge on any atom is 0.355 e. The molecule has 4 nitrogen and oxygen atoms in total. The second kappa shape index (κ2) is 5.93. The standard InChI is InChI=1S/C16H18N2O2S/c1-2-3-4-8-14(19)20-12-7-5-6-10-11(12)9-13-15(10)18-16(17)21-13/h5-7H,2-4,8-9,17H2,1H3/q+1. The molecule has 0 unspecified atom stereocenters. The van der Waals surface area contributed by atoms with Crippen molar-refractivity contribution in [3.63, 3.8) is 0 Å². The Morgan fingerprint density at radius 3 is 3.10 bits per heavy atom. The van der Waals surface area contributed by atoms with Gasteiger partial charge in [0.15, 0.2) is 5.70 Å². The summed E-state index contributed by atoms with van der Waals surface area (Å²) in [4.78, 5) is 17.4. The largest absolute Gasteiger partial charge is 0.426 e. The minimum absolute atomic E-state index is 0.153. The highest BCUT2D eigenvalue weighted by Crippen LogP contribution is 2.43. The zero-order valence-corrected chi connectivity index (χ0v) is 12.8. The molecule has 3 rings (SSSR count). The summed E-state index contributed by atoms with van der Waals surface area (Å²) in [6, 6.07) is 5.77. The average molecular weight is 302 g/mol. The predicted octanol–water partition coefficient (Wildman–Crippen LogP) is 2.79. The molecule has 0 amide bonds. The first-order valence-electron chi connectivity index (χ1n) is 7.27. The van der Waals surface area contributed by atoms with Crippen LogP contribution < -0.4 is 15.5 Å². The van der Waals surface area contributed by atoms with Crippen LogP contribution in [0.3, 0.4) is 0 Å². The minimum atomic E-state index is -0.153. The Morgan fingerprint density at radius 1 is 1.43 bits per heavy atom. The molecule has 0 atom stereocenters. The lowest BCUT2D eigenvalue weighted by molar-refractivity contribution is -0.134. The number of fused-ring (bicyclic) bond motifs is 2. The van der Waals surface area contributed by atoms with Crippen LogP contribution in [0.1, 0.15) is 43.7 Å². The van der Waals surface area contributed by atoms with Crippen LogP contribution in [0.2, 0.25) is 0 Å². The molecule has 1 heterocycles. The number of carbonyl (C=O) groups is 1. The van der Waals surface area contributed by atoms with Gasteiger partial charge < -0.3 is 4.74 Å². The number of rotatable bonds is 5. The topological polar surface area (TPSA) is 66.4 Å². The highest BCUT2D eigenvalue weighted by atomic mass is 32.2. The number of unbranched alkanes of at least 4 members (excludes halogenated alkanes) is 2. The van der Waals surface area contributed by atoms with Crippen molar-refractivity contribution < 1.29 is 9.53 Å². The highest BCUT2D eigenvalue weighted by molar-refractivity contribution is 8.17. The van der Waals surface area contributed by atoms with Crippen LogP contribution in [0.4, 0.5) is 0 Å². The number of ether oxygens (including phenoxy) is 1. The molecule has 1 aliphatic carbocycles. The summed E-state index contributed by atoms with van der Waals surface area (Å²) in [5.74, 6) is 0.511. The summed E-state index contributed by atoms with van der Waals surface area (Å²) in [6.07, 6.45) is 4.27. The second-order valence-electron chi connectivity index (χ2n) is 5.21. The number of hydrogen-bond donors (Lipinski definition) is 1. The van der Waals surface area contributed by atoms with E-state index >= 15 is 0 Å². The Balaban J connectivity index is 1.74. The zero-order valence-electron chi connectivity index (χ0n) is 12.0. The van der Waals surface area contributed by atoms with Crippen molar-refractivity contribution in [2.75, 3.05) is 0 Å². The van der Waals surface area contributed by atoms with E-state index in [2.05, 4.69) is 11.9 Å². The summed E-state index contributed by atoms with van der Waals surface area (Å²) in [5, 5.41) is 0.590. The third-order valence-corrected chi connectivity index (χ3v) is 4.53. The first kappa shape index (κ1) is 14.2. The van der Waals surface area contributed by atoms with E-state index in [9.17, 15) is 4.79 Å². The Labute approximate surface area is 128 Å². The maximum atomic E-state index is 11.9. The van der Waals surface area contributed by atoms with Crippen molar-refractivity contribution >= 4 is 28.6 Å². The van der Waals surface area contributed by atoms with Crippen LogP contribution in [0.25, 0.3) is 5.70 Å². The van der Waals surface area contributed by atoms with Crippen molar-refractivity contribution in [1.82, 2.24) is 4.99 Å². The Morgan fingerprint density at radius 2 is 2.29 bits per heavy atom. The van der Waals surface area contributed by atoms with Crippen molar-refractivity contribution in [2.24, 2.45) is 5.73 Å². The number of thioether (sulfide) groups is 1. The fourth-order valence-electron chi connectivity index (χ4n) is 2.62. The number of amidine groups is 1. The van der Waals surface area contributed by atoms with E-state index in [1.54, 1.807) is 0 Å². The van der Waals surface area contributed by atoms with E-state index in [0.29, 0.717) is 17.3 Å². The smallest absolute Gasteiger partial charge is 0.355 e. The number of esters is 1. The van der Waals surface area contributed by atoms with Gasteiger partial charge in [-0.05, 0) is 23.5 Å². The molecule has 1 aromatic carbocycles. The molecule has 1 aliphatic heterocycles. The van der Waals surface area contributed by atoms with Gasteiger partial charge in [-0.3, -0.25) is 10.5 Å². The van der Waals surface area contributed by atoms with E-state index in [0.717, 1.165) is 47.4 Å². The lowest BCUT2D eigenvalue weighted by atomic mass is 10.1. The molecule has 1 radical (unpaired) electrons. The molecular weight excluding hydrogens is 284 g/mol. The number of allylic oxidation sites excluding steroid dienone is 1. The highest BCUT2D eigenvalue weighted by Gasteiger charge is 2.35. The number of hydrogen-bond acceptors (Lipinski definition) is 5. The molecule has 0 spiro atoms. The van der Waals surface area contributed by atoms with E-state index in [1.807, 2.05) is 18.2 Å². The Hall–Kier alpha value is -1.75. The molecule has 109 valence electrons. The predicted molar refractivity (Wildman–Crippen MR) is 85.8 cm³/mol. The third-order valence-electron chi connectivity index (χ3n) is 3.65. The van der Waals surface area contributed by atoms with Crippen LogP contribution in [0.5, 0.6) is 5.75 Å². The van der Waals surface area contributed by atoms with Gasteiger partial charge in [-0.15, -0.1) is 0 Å². The molecule has 0 fully saturated rings. The number of nitrogens with zero attached hydrogens (tertiary/aromatic N) is 1. The van der Waals surface area contributed by atoms with Gasteiger partial charge in [0.2, 0.25) is 0 Å². The number of aliphatic imine (C=N–C) groups is 1. The fraction of sp³-hybridized carbons (Fsp3) is 0.375. The monoisotopic (exact) mass is 302 g/mol. The Bertz CT molecular complexity index is 650. The minimum Gasteiger partial charge on any atom is -0.426 e. The van der Waals surface area contributed by atoms with Crippen LogP contribution >= 0.6 is 11.8 Å². The van der Waals surface area contributed by atoms with Crippen molar-refractivity contribution in [2.45, 2.75) is 39.0 Å². The van der Waals surface area contributed by atoms with E-state index in [-0.39, 0.29) is 5.97 Å². The van der Waals surface area contributed by atoms with Gasteiger partial charge in [-0.2, -0.15) is 0 Å². The van der Waals surface area contributed by atoms with Gasteiger partial charge in [-0.25, -0.2) is 0 Å². The number of nitrogens with two attached hydrogens (primary N) is 1. The van der Waals surface area contributed by atoms with Crippen LogP contribution in [0, 0.1) is 0 Å². The van der Waals surface area contributed by atoms with Gasteiger partial charge in [0.1, 0.15) is 5.75 Å². The van der Waals surface area contributed by atoms with Crippen molar-refractivity contribution in [3.05, 3.63) is 34.2 Å². The molecule has 0 aromatic heterocycles. The van der Waals surface area contributed by atoms with Crippen molar-refractivity contribution in [1.29, 1.82) is 0 Å². The normalized spacial score (nSPS) is 15.8. The van der Waals surface area contributed by atoms with Gasteiger partial charge in [0.25, 0.3) is 0 Å². The maximum absolute atomic E-state index is 11.9. The van der Waals surface area contributed by atoms with Gasteiger partial charge in [0, 0.05) is 35.7 Å². The summed E-state index contributed by atoms with van der Waals surface area (Å²) < 4.78 is 5.54. The van der Waals surface area contributed by atoms with E-state index in [4.69, 9.17) is 10.5 Å². The number of carbonyl (C=O) groups excluding carboxylic acids is 1. The molecule has 1 aromatic rings. The van der Waals surface area contributed by atoms with Gasteiger partial charge >= 0.3 is 11.1 Å². The quantitative estimate of drug-likeness (QED) is 0.516. The van der Waals surface area contributed by atoms with E-state index in [1.165, 1.54) is 11.8 Å². The van der Waals surface area contributed by atoms with Crippen LogP contribution in [-0.4, -0.2) is 11.1 Å². The lowest BCUT2D eigenvalue weighted by Gasteiger charge is -2.09. The summed E-state index contributed by atoms with van der Waals surface area (Å²) in [6.45, 7) is 2.12. The van der Waals surface area contributed by atoms with Crippen molar-refractivity contribution in [3.8, 4) is 5.75 Å². The van der Waals surface area contributed by atoms with Gasteiger partial charge in [-0.1, -0.05) is 25.8 Å². The molecule has 2 N–H and O–H groups in total. The SMILES string of the molecule is CCCCCC(=O)Oc1cccc2c1CC1=C2[N+]=C(N)S1. The zero-order chi connectivity index (χ0) is 14.8. The first-order chi connectivity index (χ1) is 10.2. The summed E-state index contributed by atoms with van der Waals surface area (Å²) in [7, 11) is 0. The first-order valence-corrected chi connectivity index (χ1v) is 8.08. The molecule has 5 heteroatoms. The van der Waals surface area contributed by atoms with Crippen LogP contribution in [-0.2, 0) is 11.2 Å². The molecule has 0 saturated heterocycles. The summed E-state index contributed by atoms with van der Waals surface area (Å²) >= 11 is 1.50. The fourth-order valence-corrected chi connectivity index (χ4v) is 3.48. The molecule has 0 saturated carbocycles. The van der Waals surface area contributed by atoms with Gasteiger partial charge in [0.05, 0.1) is 4.91 Å². The second-order valence-corrected chi connectivity index (χ2v) is 6.33. The molecule has 2 aliphatic rings. The summed E-state index contributed by atoms with van der Waals surface area (Å²) in [5.41, 5.74) is 8.79. The Kier molecular flexibility index (Phi) is 4.01. The van der Waals surface area contributed by atoms with Crippen LogP contribution in [0.15, 0.2) is 23.1 Å². The average Bonchev–Trinajstić information content (AvgIpc) is 2.96. The molecular formula is C16H18N2O2S+. The van der Waals surface area contributed by atoms with E-state index < -0.39 is 0 Å². The molecule has 0 bridgehead atoms.